The molecule has 0 fully saturated rings. The summed E-state index contributed by atoms with van der Waals surface area (Å²) in [6, 6.07) is 8.54. The van der Waals surface area contributed by atoms with Gasteiger partial charge in [0.15, 0.2) is 0 Å². The molecule has 1 atom stereocenters. The van der Waals surface area contributed by atoms with E-state index in [4.69, 9.17) is 5.11 Å². The Morgan fingerprint density at radius 2 is 2.00 bits per heavy atom. The van der Waals surface area contributed by atoms with Crippen LogP contribution in [0.1, 0.15) is 31.9 Å². The highest BCUT2D eigenvalue weighted by Crippen LogP contribution is 2.03. The van der Waals surface area contributed by atoms with Gasteiger partial charge in [0, 0.05) is 12.6 Å². The van der Waals surface area contributed by atoms with Crippen molar-refractivity contribution in [2.75, 3.05) is 6.61 Å². The Hall–Kier alpha value is -0.860. The second-order valence-electron chi connectivity index (χ2n) is 3.45. The zero-order valence-electron chi connectivity index (χ0n) is 10.2. The van der Waals surface area contributed by atoms with Crippen molar-refractivity contribution >= 4 is 0 Å². The molecule has 1 rings (SSSR count). The number of benzene rings is 1. The highest BCUT2D eigenvalue weighted by Gasteiger charge is 1.98. The summed E-state index contributed by atoms with van der Waals surface area (Å²) >= 11 is 0. The number of aliphatic hydroxyl groups excluding tert-OH is 1. The highest BCUT2D eigenvalue weighted by molar-refractivity contribution is 5.21. The zero-order chi connectivity index (χ0) is 11.7. The van der Waals surface area contributed by atoms with E-state index in [0.29, 0.717) is 0 Å². The van der Waals surface area contributed by atoms with E-state index in [1.54, 1.807) is 0 Å². The largest absolute Gasteiger partial charge is 0.395 e. The van der Waals surface area contributed by atoms with Gasteiger partial charge in [0.05, 0.1) is 6.61 Å². The molecule has 1 aromatic carbocycles. The normalized spacial score (nSPS) is 11.5. The lowest BCUT2D eigenvalue weighted by molar-refractivity contribution is 0.251. The Bertz CT molecular complexity index is 260. The number of aliphatic hydroxyl groups is 1. The minimum absolute atomic E-state index is 0.167. The van der Waals surface area contributed by atoms with Gasteiger partial charge in [0.2, 0.25) is 0 Å². The maximum absolute atomic E-state index is 8.80. The van der Waals surface area contributed by atoms with Crippen LogP contribution in [0.4, 0.5) is 0 Å². The summed E-state index contributed by atoms with van der Waals surface area (Å²) in [5, 5.41) is 12.0. The molecule has 0 heterocycles. The molecule has 0 saturated carbocycles. The van der Waals surface area contributed by atoms with Crippen LogP contribution in [0.3, 0.4) is 0 Å². The van der Waals surface area contributed by atoms with E-state index in [0.717, 1.165) is 6.54 Å². The quantitative estimate of drug-likeness (QED) is 0.798. The van der Waals surface area contributed by atoms with Crippen molar-refractivity contribution in [3.63, 3.8) is 0 Å². The predicted octanol–water partition coefficient (Wildman–Crippen LogP) is 2.49. The molecule has 0 saturated heterocycles. The summed E-state index contributed by atoms with van der Waals surface area (Å²) in [5.74, 6) is 0. The highest BCUT2D eigenvalue weighted by atomic mass is 16.3. The van der Waals surface area contributed by atoms with Crippen molar-refractivity contribution in [2.45, 2.75) is 40.3 Å². The fourth-order valence-electron chi connectivity index (χ4n) is 1.18. The lowest BCUT2D eigenvalue weighted by Crippen LogP contribution is -2.28. The summed E-state index contributed by atoms with van der Waals surface area (Å²) in [6.45, 7) is 9.06. The molecule has 0 bridgehead atoms. The molecule has 0 aliphatic rings. The first-order chi connectivity index (χ1) is 7.22. The Balaban J connectivity index is 0.000000921. The average Bonchev–Trinajstić information content (AvgIpc) is 2.29. The molecular weight excluding hydrogens is 186 g/mol. The van der Waals surface area contributed by atoms with E-state index in [-0.39, 0.29) is 12.6 Å². The third kappa shape index (κ3) is 6.26. The first-order valence-electron chi connectivity index (χ1n) is 5.62. The topological polar surface area (TPSA) is 32.3 Å². The minimum Gasteiger partial charge on any atom is -0.395 e. The van der Waals surface area contributed by atoms with Crippen LogP contribution in [-0.2, 0) is 6.54 Å². The van der Waals surface area contributed by atoms with E-state index in [9.17, 15) is 0 Å². The molecule has 2 heteroatoms. The maximum Gasteiger partial charge on any atom is 0.0582 e. The van der Waals surface area contributed by atoms with Gasteiger partial charge in [0.1, 0.15) is 0 Å². The summed E-state index contributed by atoms with van der Waals surface area (Å²) in [5.41, 5.74) is 2.54. The van der Waals surface area contributed by atoms with Crippen molar-refractivity contribution in [1.82, 2.24) is 5.32 Å². The number of nitrogens with one attached hydrogen (secondary N) is 1. The molecule has 0 aliphatic carbocycles. The minimum atomic E-state index is 0.167. The second-order valence-corrected chi connectivity index (χ2v) is 3.45. The van der Waals surface area contributed by atoms with Crippen LogP contribution >= 0.6 is 0 Å². The lowest BCUT2D eigenvalue weighted by atomic mass is 10.1. The summed E-state index contributed by atoms with van der Waals surface area (Å²) in [7, 11) is 0. The van der Waals surface area contributed by atoms with Crippen molar-refractivity contribution in [3.05, 3.63) is 35.4 Å². The van der Waals surface area contributed by atoms with Crippen molar-refractivity contribution < 1.29 is 5.11 Å². The molecular formula is C13H23NO. The number of hydrogen-bond acceptors (Lipinski definition) is 2. The molecule has 0 aromatic heterocycles. The van der Waals surface area contributed by atoms with Crippen LogP contribution in [0.5, 0.6) is 0 Å². The lowest BCUT2D eigenvalue weighted by Gasteiger charge is -2.10. The first kappa shape index (κ1) is 14.1. The third-order valence-corrected chi connectivity index (χ3v) is 2.01. The van der Waals surface area contributed by atoms with Gasteiger partial charge in [-0.2, -0.15) is 0 Å². The molecule has 86 valence electrons. The van der Waals surface area contributed by atoms with Gasteiger partial charge >= 0.3 is 0 Å². The van der Waals surface area contributed by atoms with Gasteiger partial charge in [-0.1, -0.05) is 43.7 Å². The Morgan fingerprint density at radius 3 is 2.53 bits per heavy atom. The smallest absolute Gasteiger partial charge is 0.0582 e. The van der Waals surface area contributed by atoms with Crippen LogP contribution < -0.4 is 5.32 Å². The van der Waals surface area contributed by atoms with Crippen molar-refractivity contribution in [3.8, 4) is 0 Å². The van der Waals surface area contributed by atoms with Gasteiger partial charge in [-0.25, -0.2) is 0 Å². The number of hydrogen-bond donors (Lipinski definition) is 2. The Morgan fingerprint density at radius 1 is 1.33 bits per heavy atom. The molecule has 15 heavy (non-hydrogen) atoms. The van der Waals surface area contributed by atoms with Gasteiger partial charge < -0.3 is 10.4 Å². The first-order valence-corrected chi connectivity index (χ1v) is 5.62. The SMILES string of the molecule is CC.Cc1cccc(CNC(C)CO)c1. The van der Waals surface area contributed by atoms with Gasteiger partial charge in [0.25, 0.3) is 0 Å². The molecule has 0 amide bonds. The van der Waals surface area contributed by atoms with Gasteiger partial charge in [-0.15, -0.1) is 0 Å². The molecule has 0 spiro atoms. The third-order valence-electron chi connectivity index (χ3n) is 2.01. The zero-order valence-corrected chi connectivity index (χ0v) is 10.2. The van der Waals surface area contributed by atoms with E-state index in [1.165, 1.54) is 11.1 Å². The van der Waals surface area contributed by atoms with Crippen LogP contribution in [0.25, 0.3) is 0 Å². The van der Waals surface area contributed by atoms with Crippen LogP contribution in [0, 0.1) is 6.92 Å². The monoisotopic (exact) mass is 209 g/mol. The average molecular weight is 209 g/mol. The Kier molecular flexibility index (Phi) is 7.96. The summed E-state index contributed by atoms with van der Waals surface area (Å²) in [6.07, 6.45) is 0. The maximum atomic E-state index is 8.80. The Labute approximate surface area is 93.3 Å². The number of aryl methyl sites for hydroxylation is 1. The molecule has 1 unspecified atom stereocenters. The molecule has 1 aromatic rings. The molecule has 0 aliphatic heterocycles. The van der Waals surface area contributed by atoms with Crippen LogP contribution in [0.2, 0.25) is 0 Å². The van der Waals surface area contributed by atoms with Crippen LogP contribution in [0.15, 0.2) is 24.3 Å². The number of rotatable bonds is 4. The van der Waals surface area contributed by atoms with E-state index >= 15 is 0 Å². The van der Waals surface area contributed by atoms with E-state index in [2.05, 4.69) is 36.5 Å². The second kappa shape index (κ2) is 8.45. The molecule has 2 nitrogen and oxygen atoms in total. The summed E-state index contributed by atoms with van der Waals surface area (Å²) < 4.78 is 0. The molecule has 2 N–H and O–H groups in total. The van der Waals surface area contributed by atoms with Crippen molar-refractivity contribution in [2.24, 2.45) is 0 Å². The standard InChI is InChI=1S/C11H17NO.C2H6/c1-9-4-3-5-11(6-9)7-12-10(2)8-13;1-2/h3-6,10,12-13H,7-8H2,1-2H3;1-2H3. The van der Waals surface area contributed by atoms with Gasteiger partial charge in [-0.05, 0) is 19.4 Å². The molecule has 0 radical (unpaired) electrons. The van der Waals surface area contributed by atoms with Crippen LogP contribution in [-0.4, -0.2) is 17.8 Å². The fraction of sp³-hybridized carbons (Fsp3) is 0.538. The van der Waals surface area contributed by atoms with Crippen molar-refractivity contribution in [1.29, 1.82) is 0 Å². The fourth-order valence-corrected chi connectivity index (χ4v) is 1.18. The summed E-state index contributed by atoms with van der Waals surface area (Å²) in [4.78, 5) is 0. The van der Waals surface area contributed by atoms with Gasteiger partial charge in [-0.3, -0.25) is 0 Å². The predicted molar refractivity (Wildman–Crippen MR) is 65.9 cm³/mol. The van der Waals surface area contributed by atoms with E-state index < -0.39 is 0 Å². The van der Waals surface area contributed by atoms with E-state index in [1.807, 2.05) is 20.8 Å².